The number of ether oxygens (including phenoxy) is 2. The van der Waals surface area contributed by atoms with Crippen molar-refractivity contribution >= 4 is 5.91 Å². The molecule has 0 aromatic heterocycles. The summed E-state index contributed by atoms with van der Waals surface area (Å²) < 4.78 is 69.6. The second-order valence-corrected chi connectivity index (χ2v) is 5.94. The Bertz CT molecular complexity index is 607. The fourth-order valence-electron chi connectivity index (χ4n) is 2.41. The van der Waals surface area contributed by atoms with Crippen molar-refractivity contribution in [1.82, 2.24) is 5.32 Å². The maximum absolute atomic E-state index is 12.3. The molecule has 5 nitrogen and oxygen atoms in total. The molecule has 1 fully saturated rings. The molecule has 1 aromatic carbocycles. The van der Waals surface area contributed by atoms with Gasteiger partial charge in [-0.15, -0.1) is 13.2 Å². The van der Waals surface area contributed by atoms with Crippen LogP contribution in [0.1, 0.15) is 30.9 Å². The van der Waals surface area contributed by atoms with E-state index >= 15 is 0 Å². The lowest BCUT2D eigenvalue weighted by Gasteiger charge is -2.21. The zero-order valence-corrected chi connectivity index (χ0v) is 13.5. The SMILES string of the molecule is O=C(CC(O)C1CC1)N[C@@H](COC(F)F)c1cccc(OC(F)(F)F)c1. The second kappa shape index (κ2) is 8.63. The summed E-state index contributed by atoms with van der Waals surface area (Å²) >= 11 is 0. The minimum Gasteiger partial charge on any atom is -0.406 e. The molecule has 1 saturated carbocycles. The third-order valence-electron chi connectivity index (χ3n) is 3.78. The lowest BCUT2D eigenvalue weighted by molar-refractivity contribution is -0.274. The van der Waals surface area contributed by atoms with Crippen LogP contribution >= 0.6 is 0 Å². The third-order valence-corrected chi connectivity index (χ3v) is 3.78. The number of aliphatic hydroxyl groups excluding tert-OH is 1. The zero-order chi connectivity index (χ0) is 19.3. The van der Waals surface area contributed by atoms with Crippen LogP contribution in [0.25, 0.3) is 0 Å². The van der Waals surface area contributed by atoms with Gasteiger partial charge in [-0.2, -0.15) is 8.78 Å². The normalized spacial score (nSPS) is 17.0. The molecule has 0 radical (unpaired) electrons. The van der Waals surface area contributed by atoms with Gasteiger partial charge >= 0.3 is 13.0 Å². The third kappa shape index (κ3) is 7.12. The number of halogens is 5. The predicted octanol–water partition coefficient (Wildman–Crippen LogP) is 3.14. The molecule has 0 saturated heterocycles. The van der Waals surface area contributed by atoms with Crippen LogP contribution in [0.2, 0.25) is 0 Å². The Morgan fingerprint density at radius 2 is 2.00 bits per heavy atom. The summed E-state index contributed by atoms with van der Waals surface area (Å²) in [6.45, 7) is -3.76. The molecule has 1 aliphatic carbocycles. The van der Waals surface area contributed by atoms with Crippen molar-refractivity contribution in [2.24, 2.45) is 5.92 Å². The van der Waals surface area contributed by atoms with Crippen LogP contribution in [0.4, 0.5) is 22.0 Å². The standard InChI is InChI=1S/C16H18F5NO4/c17-15(18)25-8-12(22-14(24)7-13(23)9-4-5-9)10-2-1-3-11(6-10)26-16(19,20)21/h1-3,6,9,12-13,15,23H,4-5,7-8H2,(H,22,24)/t12-,13?/m0/s1. The first kappa shape index (κ1) is 20.4. The summed E-state index contributed by atoms with van der Waals surface area (Å²) in [6, 6.07) is 3.47. The molecule has 26 heavy (non-hydrogen) atoms. The van der Waals surface area contributed by atoms with Crippen LogP contribution in [-0.2, 0) is 9.53 Å². The van der Waals surface area contributed by atoms with Crippen LogP contribution in [0.15, 0.2) is 24.3 Å². The summed E-state index contributed by atoms with van der Waals surface area (Å²) in [5.74, 6) is -1.13. The Kier molecular flexibility index (Phi) is 6.76. The second-order valence-electron chi connectivity index (χ2n) is 5.94. The van der Waals surface area contributed by atoms with Crippen molar-refractivity contribution in [2.75, 3.05) is 6.61 Å². The number of hydrogen-bond acceptors (Lipinski definition) is 4. The Morgan fingerprint density at radius 3 is 2.58 bits per heavy atom. The largest absolute Gasteiger partial charge is 0.573 e. The Balaban J connectivity index is 2.07. The molecule has 2 N–H and O–H groups in total. The maximum Gasteiger partial charge on any atom is 0.573 e. The molecule has 1 aromatic rings. The van der Waals surface area contributed by atoms with Crippen molar-refractivity contribution in [3.8, 4) is 5.75 Å². The van der Waals surface area contributed by atoms with E-state index in [4.69, 9.17) is 0 Å². The average molecular weight is 383 g/mol. The van der Waals surface area contributed by atoms with E-state index < -0.39 is 43.4 Å². The van der Waals surface area contributed by atoms with Gasteiger partial charge in [-0.3, -0.25) is 4.79 Å². The molecule has 10 heteroatoms. The van der Waals surface area contributed by atoms with Crippen LogP contribution in [0, 0.1) is 5.92 Å². The number of carbonyl (C=O) groups is 1. The van der Waals surface area contributed by atoms with E-state index in [9.17, 15) is 31.9 Å². The average Bonchev–Trinajstić information content (AvgIpc) is 3.34. The van der Waals surface area contributed by atoms with Gasteiger partial charge < -0.3 is 19.9 Å². The first-order valence-corrected chi connectivity index (χ1v) is 7.87. The molecule has 0 spiro atoms. The molecule has 0 aliphatic heterocycles. The van der Waals surface area contributed by atoms with E-state index in [0.717, 1.165) is 25.0 Å². The number of rotatable bonds is 9. The van der Waals surface area contributed by atoms with Gasteiger partial charge in [-0.25, -0.2) is 0 Å². The maximum atomic E-state index is 12.3. The van der Waals surface area contributed by atoms with Crippen LogP contribution in [0.5, 0.6) is 5.75 Å². The van der Waals surface area contributed by atoms with E-state index in [0.29, 0.717) is 0 Å². The summed E-state index contributed by atoms with van der Waals surface area (Å²) in [5, 5.41) is 12.2. The van der Waals surface area contributed by atoms with E-state index in [2.05, 4.69) is 14.8 Å². The summed E-state index contributed by atoms with van der Waals surface area (Å²) in [4.78, 5) is 12.0. The first-order valence-electron chi connectivity index (χ1n) is 7.87. The van der Waals surface area contributed by atoms with Gasteiger partial charge in [0.15, 0.2) is 0 Å². The fraction of sp³-hybridized carbons (Fsp3) is 0.562. The highest BCUT2D eigenvalue weighted by Gasteiger charge is 2.32. The van der Waals surface area contributed by atoms with Gasteiger partial charge in [0.05, 0.1) is 25.2 Å². The summed E-state index contributed by atoms with van der Waals surface area (Å²) in [5.41, 5.74) is 0.0988. The topological polar surface area (TPSA) is 67.8 Å². The Morgan fingerprint density at radius 1 is 1.31 bits per heavy atom. The molecule has 2 atom stereocenters. The van der Waals surface area contributed by atoms with Crippen LogP contribution in [-0.4, -0.2) is 36.7 Å². The van der Waals surface area contributed by atoms with Crippen molar-refractivity contribution in [3.63, 3.8) is 0 Å². The quantitative estimate of drug-likeness (QED) is 0.643. The predicted molar refractivity (Wildman–Crippen MR) is 79.3 cm³/mol. The summed E-state index contributed by atoms with van der Waals surface area (Å²) in [7, 11) is 0. The van der Waals surface area contributed by atoms with Crippen molar-refractivity contribution in [3.05, 3.63) is 29.8 Å². The minimum atomic E-state index is -4.91. The Labute approximate surface area is 146 Å². The Hall–Kier alpha value is -1.94. The number of aliphatic hydroxyl groups is 1. The number of amides is 1. The highest BCUT2D eigenvalue weighted by atomic mass is 19.4. The number of carbonyl (C=O) groups excluding carboxylic acids is 1. The van der Waals surface area contributed by atoms with Gasteiger partial charge in [-0.05, 0) is 36.5 Å². The smallest absolute Gasteiger partial charge is 0.406 e. The highest BCUT2D eigenvalue weighted by Crippen LogP contribution is 2.34. The number of hydrogen-bond donors (Lipinski definition) is 2. The summed E-state index contributed by atoms with van der Waals surface area (Å²) in [6.07, 6.45) is -4.36. The monoisotopic (exact) mass is 383 g/mol. The lowest BCUT2D eigenvalue weighted by atomic mass is 10.1. The van der Waals surface area contributed by atoms with Gasteiger partial charge in [0.1, 0.15) is 5.75 Å². The molecule has 1 aliphatic rings. The van der Waals surface area contributed by atoms with Crippen LogP contribution < -0.4 is 10.1 Å². The minimum absolute atomic E-state index is 0.0417. The fourth-order valence-corrected chi connectivity index (χ4v) is 2.41. The molecular formula is C16H18F5NO4. The van der Waals surface area contributed by atoms with Gasteiger partial charge in [0.2, 0.25) is 5.91 Å². The molecule has 2 rings (SSSR count). The first-order chi connectivity index (χ1) is 12.1. The number of benzene rings is 1. The molecule has 1 amide bonds. The van der Waals surface area contributed by atoms with Crippen molar-refractivity contribution in [1.29, 1.82) is 0 Å². The van der Waals surface area contributed by atoms with Crippen molar-refractivity contribution in [2.45, 2.75) is 44.4 Å². The van der Waals surface area contributed by atoms with Gasteiger partial charge in [0.25, 0.3) is 0 Å². The van der Waals surface area contributed by atoms with Crippen molar-refractivity contribution < 1.29 is 41.3 Å². The molecule has 0 heterocycles. The van der Waals surface area contributed by atoms with E-state index in [-0.39, 0.29) is 17.9 Å². The number of nitrogens with one attached hydrogen (secondary N) is 1. The zero-order valence-electron chi connectivity index (χ0n) is 13.5. The van der Waals surface area contributed by atoms with E-state index in [1.165, 1.54) is 12.1 Å². The van der Waals surface area contributed by atoms with Crippen LogP contribution in [0.3, 0.4) is 0 Å². The number of alkyl halides is 5. The molecule has 0 bridgehead atoms. The highest BCUT2D eigenvalue weighted by molar-refractivity contribution is 5.77. The van der Waals surface area contributed by atoms with Gasteiger partial charge in [0, 0.05) is 0 Å². The molecule has 1 unspecified atom stereocenters. The van der Waals surface area contributed by atoms with E-state index in [1.54, 1.807) is 0 Å². The molecule has 146 valence electrons. The van der Waals surface area contributed by atoms with E-state index in [1.807, 2.05) is 0 Å². The van der Waals surface area contributed by atoms with Gasteiger partial charge in [-0.1, -0.05) is 12.1 Å². The lowest BCUT2D eigenvalue weighted by Crippen LogP contribution is -2.34. The molecular weight excluding hydrogens is 365 g/mol.